The third-order valence-electron chi connectivity index (χ3n) is 2.97. The number of carbonyl (C=O) groups excluding carboxylic acids is 1. The highest BCUT2D eigenvalue weighted by Gasteiger charge is 2.43. The number of hydrogen-bond acceptors (Lipinski definition) is 3. The van der Waals surface area contributed by atoms with Gasteiger partial charge >= 0.3 is 0 Å². The van der Waals surface area contributed by atoms with Gasteiger partial charge in [-0.05, 0) is 18.6 Å². The van der Waals surface area contributed by atoms with E-state index in [0.717, 1.165) is 4.31 Å². The van der Waals surface area contributed by atoms with E-state index in [2.05, 4.69) is 0 Å². The second kappa shape index (κ2) is 3.84. The quantitative estimate of drug-likeness (QED) is 0.768. The molecule has 1 aliphatic rings. The molecule has 0 saturated carbocycles. The van der Waals surface area contributed by atoms with Gasteiger partial charge in [-0.25, -0.2) is 12.7 Å². The maximum atomic E-state index is 12.2. The average Bonchev–Trinajstić information content (AvgIpc) is 2.47. The molecule has 4 nitrogen and oxygen atoms in total. The number of rotatable bonds is 1. The van der Waals surface area contributed by atoms with Crippen LogP contribution in [0.1, 0.15) is 32.4 Å². The molecule has 2 rings (SSSR count). The van der Waals surface area contributed by atoms with Crippen LogP contribution >= 0.6 is 0 Å². The van der Waals surface area contributed by atoms with Crippen molar-refractivity contribution in [3.63, 3.8) is 0 Å². The van der Waals surface area contributed by atoms with Crippen LogP contribution in [0, 0.1) is 5.92 Å². The summed E-state index contributed by atoms with van der Waals surface area (Å²) in [6.45, 7) is 5.14. The van der Waals surface area contributed by atoms with Crippen molar-refractivity contribution in [2.24, 2.45) is 5.92 Å². The van der Waals surface area contributed by atoms with E-state index >= 15 is 0 Å². The van der Waals surface area contributed by atoms with E-state index in [1.54, 1.807) is 45.0 Å². The highest BCUT2D eigenvalue weighted by atomic mass is 32.2. The fourth-order valence-corrected chi connectivity index (χ4v) is 4.04. The normalized spacial score (nSPS) is 21.6. The monoisotopic (exact) mass is 253 g/mol. The minimum Gasteiger partial charge on any atom is -0.273 e. The summed E-state index contributed by atoms with van der Waals surface area (Å²) in [5.41, 5.74) is 0.696. The van der Waals surface area contributed by atoms with Gasteiger partial charge in [0.25, 0.3) is 10.0 Å². The highest BCUT2D eigenvalue weighted by Crippen LogP contribution is 2.39. The molecule has 1 amide bonds. The molecule has 0 fully saturated rings. The number of sulfonamides is 1. The van der Waals surface area contributed by atoms with E-state index < -0.39 is 16.1 Å². The summed E-state index contributed by atoms with van der Waals surface area (Å²) in [6, 6.07) is 6.35. The van der Waals surface area contributed by atoms with Crippen LogP contribution in [-0.2, 0) is 14.8 Å². The number of fused-ring (bicyclic) bond motifs is 1. The van der Waals surface area contributed by atoms with Crippen molar-refractivity contribution >= 4 is 15.9 Å². The fourth-order valence-electron chi connectivity index (χ4n) is 2.06. The number of benzene rings is 1. The Hall–Kier alpha value is -1.36. The van der Waals surface area contributed by atoms with Crippen LogP contribution in [0.25, 0.3) is 0 Å². The van der Waals surface area contributed by atoms with Crippen molar-refractivity contribution in [3.8, 4) is 0 Å². The van der Waals surface area contributed by atoms with Crippen LogP contribution < -0.4 is 0 Å². The van der Waals surface area contributed by atoms with E-state index in [1.165, 1.54) is 0 Å². The Balaban J connectivity index is 2.59. The van der Waals surface area contributed by atoms with Crippen molar-refractivity contribution in [2.45, 2.75) is 31.7 Å². The number of nitrogens with zero attached hydrogens (tertiary/aromatic N) is 1. The second-order valence-electron chi connectivity index (χ2n) is 4.51. The fraction of sp³-hybridized carbons (Fsp3) is 0.417. The van der Waals surface area contributed by atoms with Gasteiger partial charge in [-0.15, -0.1) is 0 Å². The molecule has 0 bridgehead atoms. The molecule has 1 heterocycles. The minimum absolute atomic E-state index is 0.251. The Kier molecular flexibility index (Phi) is 2.73. The summed E-state index contributed by atoms with van der Waals surface area (Å²) >= 11 is 0. The van der Waals surface area contributed by atoms with E-state index in [-0.39, 0.29) is 16.7 Å². The third kappa shape index (κ3) is 1.65. The zero-order chi connectivity index (χ0) is 12.8. The van der Waals surface area contributed by atoms with Gasteiger partial charge in [-0.1, -0.05) is 32.0 Å². The largest absolute Gasteiger partial charge is 0.273 e. The van der Waals surface area contributed by atoms with Gasteiger partial charge in [0.2, 0.25) is 5.91 Å². The smallest absolute Gasteiger partial charge is 0.267 e. The third-order valence-corrected chi connectivity index (χ3v) is 4.91. The SMILES string of the molecule is CC(C)C(=O)N1[C@H](C)c2ccccc2S1(=O)=O. The Bertz CT molecular complexity index is 563. The molecule has 1 aromatic rings. The summed E-state index contributed by atoms with van der Waals surface area (Å²) in [5.74, 6) is -0.685. The van der Waals surface area contributed by atoms with Crippen LogP contribution in [0.15, 0.2) is 29.2 Å². The predicted octanol–water partition coefficient (Wildman–Crippen LogP) is 1.93. The summed E-state index contributed by atoms with van der Waals surface area (Å²) < 4.78 is 25.5. The van der Waals surface area contributed by atoms with Gasteiger partial charge in [-0.2, -0.15) is 0 Å². The van der Waals surface area contributed by atoms with E-state index in [4.69, 9.17) is 0 Å². The maximum absolute atomic E-state index is 12.2. The van der Waals surface area contributed by atoms with Crippen LogP contribution in [0.5, 0.6) is 0 Å². The molecule has 0 saturated heterocycles. The van der Waals surface area contributed by atoms with Crippen LogP contribution in [-0.4, -0.2) is 18.6 Å². The average molecular weight is 253 g/mol. The van der Waals surface area contributed by atoms with Gasteiger partial charge < -0.3 is 0 Å². The summed E-state index contributed by atoms with van der Waals surface area (Å²) in [5, 5.41) is 0. The summed E-state index contributed by atoms with van der Waals surface area (Å²) in [6.07, 6.45) is 0. The van der Waals surface area contributed by atoms with E-state index in [1.807, 2.05) is 0 Å². The topological polar surface area (TPSA) is 54.5 Å². The molecular formula is C12H15NO3S. The molecule has 1 atom stereocenters. The first-order valence-corrected chi connectivity index (χ1v) is 6.98. The first kappa shape index (κ1) is 12.1. The Morgan fingerprint density at radius 1 is 1.29 bits per heavy atom. The van der Waals surface area contributed by atoms with Crippen molar-refractivity contribution in [3.05, 3.63) is 29.8 Å². The van der Waals surface area contributed by atoms with Gasteiger partial charge in [0.15, 0.2) is 0 Å². The molecule has 0 spiro atoms. The molecule has 0 N–H and O–H groups in total. The van der Waals surface area contributed by atoms with Gasteiger partial charge in [-0.3, -0.25) is 4.79 Å². The Morgan fingerprint density at radius 3 is 2.41 bits per heavy atom. The predicted molar refractivity (Wildman–Crippen MR) is 63.7 cm³/mol. The molecule has 0 radical (unpaired) electrons. The Labute approximate surface area is 101 Å². The van der Waals surface area contributed by atoms with E-state index in [0.29, 0.717) is 5.56 Å². The maximum Gasteiger partial charge on any atom is 0.267 e. The zero-order valence-corrected chi connectivity index (χ0v) is 10.9. The summed E-state index contributed by atoms with van der Waals surface area (Å²) in [7, 11) is -3.66. The molecule has 1 aliphatic heterocycles. The summed E-state index contributed by atoms with van der Waals surface area (Å²) in [4.78, 5) is 12.2. The van der Waals surface area contributed by atoms with Crippen LogP contribution in [0.4, 0.5) is 0 Å². The van der Waals surface area contributed by atoms with Crippen LogP contribution in [0.3, 0.4) is 0 Å². The first-order valence-electron chi connectivity index (χ1n) is 5.54. The van der Waals surface area contributed by atoms with Gasteiger partial charge in [0.1, 0.15) is 0 Å². The lowest BCUT2D eigenvalue weighted by atomic mass is 10.1. The van der Waals surface area contributed by atoms with Crippen molar-refractivity contribution in [1.82, 2.24) is 4.31 Å². The second-order valence-corrected chi connectivity index (χ2v) is 6.29. The van der Waals surface area contributed by atoms with Crippen LogP contribution in [0.2, 0.25) is 0 Å². The molecule has 17 heavy (non-hydrogen) atoms. The van der Waals surface area contributed by atoms with Crippen molar-refractivity contribution in [1.29, 1.82) is 0 Å². The molecule has 0 aromatic heterocycles. The lowest BCUT2D eigenvalue weighted by molar-refractivity contribution is -0.130. The number of carbonyl (C=O) groups is 1. The molecule has 1 aromatic carbocycles. The lowest BCUT2D eigenvalue weighted by Crippen LogP contribution is -2.36. The number of hydrogen-bond donors (Lipinski definition) is 0. The van der Waals surface area contributed by atoms with E-state index in [9.17, 15) is 13.2 Å². The lowest BCUT2D eigenvalue weighted by Gasteiger charge is -2.22. The zero-order valence-electron chi connectivity index (χ0n) is 10.0. The Morgan fingerprint density at radius 2 is 1.88 bits per heavy atom. The first-order chi connectivity index (χ1) is 7.87. The molecular weight excluding hydrogens is 238 g/mol. The van der Waals surface area contributed by atoms with Crippen molar-refractivity contribution in [2.75, 3.05) is 0 Å². The number of amides is 1. The minimum atomic E-state index is -3.66. The molecule has 92 valence electrons. The highest BCUT2D eigenvalue weighted by molar-refractivity contribution is 7.90. The standard InChI is InChI=1S/C12H15NO3S/c1-8(2)12(14)13-9(3)10-6-4-5-7-11(10)17(13,15)16/h4-9H,1-3H3/t9-/m1/s1. The van der Waals surface area contributed by atoms with Gasteiger partial charge in [0, 0.05) is 5.92 Å². The van der Waals surface area contributed by atoms with Gasteiger partial charge in [0.05, 0.1) is 10.9 Å². The molecule has 0 aliphatic carbocycles. The molecule has 5 heteroatoms. The molecule has 0 unspecified atom stereocenters. The van der Waals surface area contributed by atoms with Crippen molar-refractivity contribution < 1.29 is 13.2 Å².